The van der Waals surface area contributed by atoms with Crippen LogP contribution >= 0.6 is 0 Å². The number of aliphatic hydroxyl groups is 1. The SMILES string of the molecule is CC(C)(C(=O)Nc1cnc(C#N)c(C(F)(F)F)c1)n1cc(C#CC2CN(c3ccc4c(c3)CN([C@H]3CCC(=O)NC3O)C4=O)C2)cn1. The fourth-order valence-corrected chi connectivity index (χ4v) is 5.78. The normalized spacial score (nSPS) is 19.7. The molecule has 2 aromatic heterocycles. The predicted molar refractivity (Wildman–Crippen MR) is 160 cm³/mol. The first-order valence-corrected chi connectivity index (χ1v) is 14.8. The lowest BCUT2D eigenvalue weighted by Gasteiger charge is -2.38. The van der Waals surface area contributed by atoms with E-state index in [0.29, 0.717) is 43.2 Å². The zero-order valence-corrected chi connectivity index (χ0v) is 25.3. The fraction of sp³-hybridized carbons (Fsp3) is 0.375. The molecular formula is C32H29F3N8O4. The monoisotopic (exact) mass is 646 g/mol. The van der Waals surface area contributed by atoms with Gasteiger partial charge in [-0.2, -0.15) is 23.5 Å². The number of nitrogens with one attached hydrogen (secondary N) is 2. The topological polar surface area (TPSA) is 156 Å². The summed E-state index contributed by atoms with van der Waals surface area (Å²) in [6.07, 6.45) is -1.18. The van der Waals surface area contributed by atoms with Crippen LogP contribution < -0.4 is 15.5 Å². The molecule has 0 aliphatic carbocycles. The first-order chi connectivity index (χ1) is 22.2. The summed E-state index contributed by atoms with van der Waals surface area (Å²) in [4.78, 5) is 44.9. The number of aromatic nitrogens is 3. The number of fused-ring (bicyclic) bond motifs is 1. The Morgan fingerprint density at radius 3 is 2.64 bits per heavy atom. The number of pyridine rings is 1. The number of benzene rings is 1. The summed E-state index contributed by atoms with van der Waals surface area (Å²) in [5, 5.41) is 28.4. The Morgan fingerprint density at radius 1 is 1.17 bits per heavy atom. The molecule has 2 saturated heterocycles. The number of alkyl halides is 3. The number of rotatable bonds is 5. The van der Waals surface area contributed by atoms with Crippen LogP contribution in [-0.4, -0.2) is 67.9 Å². The van der Waals surface area contributed by atoms with Crippen molar-refractivity contribution < 1.29 is 32.7 Å². The van der Waals surface area contributed by atoms with Crippen molar-refractivity contribution in [3.8, 4) is 17.9 Å². The molecule has 0 spiro atoms. The molecule has 1 aromatic carbocycles. The van der Waals surface area contributed by atoms with Crippen molar-refractivity contribution in [3.05, 3.63) is 70.8 Å². The standard InChI is InChI=1S/C32H29F3N8O4/c1-31(2,30(47)39-21-10-24(32(33,34)35)25(11-36)37-13-21)43-16-18(12-38-43)3-4-19-14-41(15-19)22-5-6-23-20(9-22)17-42(29(23)46)26-7-8-27(44)40-28(26)45/h5-6,9-10,12-13,16,19,26,28,45H,7-8,14-15,17H2,1-2H3,(H,39,47)(H,40,44)/t26-,28?/m0/s1. The molecule has 2 atom stereocenters. The van der Waals surface area contributed by atoms with Crippen LogP contribution in [0.25, 0.3) is 0 Å². The average Bonchev–Trinajstić information content (AvgIpc) is 3.61. The molecule has 0 bridgehead atoms. The number of halogens is 3. The molecule has 3 aliphatic heterocycles. The van der Waals surface area contributed by atoms with Gasteiger partial charge in [-0.1, -0.05) is 11.8 Å². The first-order valence-electron chi connectivity index (χ1n) is 14.8. The summed E-state index contributed by atoms with van der Waals surface area (Å²) in [7, 11) is 0. The van der Waals surface area contributed by atoms with Crippen LogP contribution in [0.2, 0.25) is 0 Å². The van der Waals surface area contributed by atoms with Crippen molar-refractivity contribution in [3.63, 3.8) is 0 Å². The van der Waals surface area contributed by atoms with Crippen LogP contribution in [0.15, 0.2) is 42.9 Å². The quantitative estimate of drug-likeness (QED) is 0.357. The molecule has 0 saturated carbocycles. The van der Waals surface area contributed by atoms with Crippen LogP contribution in [0.5, 0.6) is 0 Å². The lowest BCUT2D eigenvalue weighted by atomic mass is 9.98. The van der Waals surface area contributed by atoms with Crippen LogP contribution in [-0.2, 0) is 27.8 Å². The number of hydrogen-bond acceptors (Lipinski definition) is 8. The van der Waals surface area contributed by atoms with Crippen LogP contribution in [0.1, 0.15) is 59.4 Å². The molecule has 2 fully saturated rings. The molecule has 6 rings (SSSR count). The highest BCUT2D eigenvalue weighted by Gasteiger charge is 2.40. The lowest BCUT2D eigenvalue weighted by Crippen LogP contribution is -2.55. The van der Waals surface area contributed by atoms with E-state index in [1.165, 1.54) is 16.9 Å². The highest BCUT2D eigenvalue weighted by Crippen LogP contribution is 2.34. The van der Waals surface area contributed by atoms with Gasteiger partial charge in [0.15, 0.2) is 5.69 Å². The van der Waals surface area contributed by atoms with Crippen molar-refractivity contribution >= 4 is 29.1 Å². The number of piperidine rings is 1. The number of nitrogens with zero attached hydrogens (tertiary/aromatic N) is 6. The summed E-state index contributed by atoms with van der Waals surface area (Å²) < 4.78 is 41.3. The second-order valence-corrected chi connectivity index (χ2v) is 12.2. The highest BCUT2D eigenvalue weighted by atomic mass is 19.4. The van der Waals surface area contributed by atoms with Gasteiger partial charge in [0.25, 0.3) is 11.8 Å². The zero-order valence-electron chi connectivity index (χ0n) is 25.3. The van der Waals surface area contributed by atoms with Gasteiger partial charge in [0.1, 0.15) is 17.8 Å². The molecule has 3 aliphatic rings. The molecule has 15 heteroatoms. The summed E-state index contributed by atoms with van der Waals surface area (Å²) in [5.74, 6) is 5.30. The minimum absolute atomic E-state index is 0.0637. The van der Waals surface area contributed by atoms with Crippen molar-refractivity contribution in [2.45, 2.75) is 57.2 Å². The number of carbonyl (C=O) groups excluding carboxylic acids is 3. The highest BCUT2D eigenvalue weighted by molar-refractivity contribution is 5.99. The number of aliphatic hydroxyl groups excluding tert-OH is 1. The molecule has 1 unspecified atom stereocenters. The summed E-state index contributed by atoms with van der Waals surface area (Å²) in [6.45, 7) is 4.79. The Bertz CT molecular complexity index is 1880. The summed E-state index contributed by atoms with van der Waals surface area (Å²) >= 11 is 0. The van der Waals surface area contributed by atoms with E-state index >= 15 is 0 Å². The number of nitriles is 1. The fourth-order valence-electron chi connectivity index (χ4n) is 5.78. The van der Waals surface area contributed by atoms with E-state index in [0.717, 1.165) is 17.4 Å². The first kappa shape index (κ1) is 31.6. The molecule has 12 nitrogen and oxygen atoms in total. The zero-order chi connectivity index (χ0) is 33.7. The summed E-state index contributed by atoms with van der Waals surface area (Å²) in [6, 6.07) is 7.24. The maximum Gasteiger partial charge on any atom is 0.419 e. The van der Waals surface area contributed by atoms with E-state index in [4.69, 9.17) is 5.26 Å². The van der Waals surface area contributed by atoms with E-state index in [9.17, 15) is 32.7 Å². The molecule has 3 N–H and O–H groups in total. The average molecular weight is 647 g/mol. The second kappa shape index (κ2) is 11.7. The maximum absolute atomic E-state index is 13.3. The van der Waals surface area contributed by atoms with Gasteiger partial charge in [-0.05, 0) is 50.1 Å². The van der Waals surface area contributed by atoms with E-state index in [1.807, 2.05) is 12.1 Å². The molecule has 5 heterocycles. The van der Waals surface area contributed by atoms with Crippen LogP contribution in [0.3, 0.4) is 0 Å². The van der Waals surface area contributed by atoms with Gasteiger partial charge >= 0.3 is 6.18 Å². The van der Waals surface area contributed by atoms with E-state index in [1.54, 1.807) is 31.0 Å². The maximum atomic E-state index is 13.3. The third-order valence-corrected chi connectivity index (χ3v) is 8.60. The Morgan fingerprint density at radius 2 is 1.94 bits per heavy atom. The largest absolute Gasteiger partial charge is 0.419 e. The van der Waals surface area contributed by atoms with Gasteiger partial charge in [0.05, 0.1) is 41.2 Å². The lowest BCUT2D eigenvalue weighted by molar-refractivity contribution is -0.138. The van der Waals surface area contributed by atoms with Gasteiger partial charge in [-0.3, -0.25) is 19.1 Å². The Balaban J connectivity index is 1.06. The summed E-state index contributed by atoms with van der Waals surface area (Å²) in [5.41, 5.74) is -0.578. The Hall–Kier alpha value is -5.41. The Labute approximate surface area is 267 Å². The molecule has 3 aromatic rings. The molecule has 0 radical (unpaired) electrons. The van der Waals surface area contributed by atoms with Crippen molar-refractivity contribution in [2.24, 2.45) is 5.92 Å². The van der Waals surface area contributed by atoms with Crippen molar-refractivity contribution in [1.29, 1.82) is 5.26 Å². The molecule has 242 valence electrons. The predicted octanol–water partition coefficient (Wildman–Crippen LogP) is 2.58. The second-order valence-electron chi connectivity index (χ2n) is 12.2. The number of anilines is 2. The van der Waals surface area contributed by atoms with E-state index < -0.39 is 41.1 Å². The van der Waals surface area contributed by atoms with Gasteiger partial charge in [-0.15, -0.1) is 0 Å². The minimum Gasteiger partial charge on any atom is -0.372 e. The van der Waals surface area contributed by atoms with E-state index in [-0.39, 0.29) is 29.8 Å². The number of carbonyl (C=O) groups is 3. The Kier molecular flexibility index (Phi) is 7.89. The van der Waals surface area contributed by atoms with Crippen LogP contribution in [0, 0.1) is 29.1 Å². The number of hydrogen-bond donors (Lipinski definition) is 3. The van der Waals surface area contributed by atoms with E-state index in [2.05, 4.69) is 37.5 Å². The van der Waals surface area contributed by atoms with Crippen molar-refractivity contribution in [1.82, 2.24) is 25.0 Å². The minimum atomic E-state index is -4.81. The molecule has 3 amide bonds. The molecule has 47 heavy (non-hydrogen) atoms. The smallest absolute Gasteiger partial charge is 0.372 e. The van der Waals surface area contributed by atoms with Gasteiger partial charge in [-0.25, -0.2) is 4.98 Å². The van der Waals surface area contributed by atoms with Gasteiger partial charge < -0.3 is 25.5 Å². The van der Waals surface area contributed by atoms with Gasteiger partial charge in [0, 0.05) is 43.5 Å². The number of amides is 3. The third kappa shape index (κ3) is 6.09. The third-order valence-electron chi connectivity index (χ3n) is 8.60. The molecular weight excluding hydrogens is 617 g/mol. The van der Waals surface area contributed by atoms with Crippen LogP contribution in [0.4, 0.5) is 24.5 Å². The van der Waals surface area contributed by atoms with Crippen molar-refractivity contribution in [2.75, 3.05) is 23.3 Å². The van der Waals surface area contributed by atoms with Gasteiger partial charge in [0.2, 0.25) is 5.91 Å².